The highest BCUT2D eigenvalue weighted by atomic mass is 16.2. The van der Waals surface area contributed by atoms with Crippen molar-refractivity contribution in [2.45, 2.75) is 53.5 Å². The Morgan fingerprint density at radius 2 is 2.20 bits per heavy atom. The van der Waals surface area contributed by atoms with Crippen LogP contribution in [0.2, 0.25) is 0 Å². The number of carbonyl (C=O) groups is 1. The van der Waals surface area contributed by atoms with Crippen molar-refractivity contribution in [3.05, 3.63) is 17.5 Å². The molecule has 0 aliphatic heterocycles. The molecule has 20 heavy (non-hydrogen) atoms. The first-order valence-electron chi connectivity index (χ1n) is 7.52. The zero-order valence-electron chi connectivity index (χ0n) is 13.4. The molecular formula is C16H27N3O. The molecule has 1 aliphatic carbocycles. The van der Waals surface area contributed by atoms with Gasteiger partial charge in [0.1, 0.15) is 0 Å². The average molecular weight is 277 g/mol. The topological polar surface area (TPSA) is 49.0 Å². The van der Waals surface area contributed by atoms with Gasteiger partial charge < -0.3 is 4.90 Å². The third kappa shape index (κ3) is 3.41. The lowest BCUT2D eigenvalue weighted by Crippen LogP contribution is -2.39. The normalized spacial score (nSPS) is 25.4. The average Bonchev–Trinajstić information content (AvgIpc) is 2.71. The number of rotatable bonds is 3. The van der Waals surface area contributed by atoms with Crippen molar-refractivity contribution in [3.63, 3.8) is 0 Å². The summed E-state index contributed by atoms with van der Waals surface area (Å²) in [6, 6.07) is 0. The van der Waals surface area contributed by atoms with Crippen molar-refractivity contribution in [2.75, 3.05) is 7.05 Å². The quantitative estimate of drug-likeness (QED) is 0.922. The van der Waals surface area contributed by atoms with Gasteiger partial charge in [-0.1, -0.05) is 20.8 Å². The first-order chi connectivity index (χ1) is 9.28. The number of hydrogen-bond donors (Lipinski definition) is 1. The van der Waals surface area contributed by atoms with E-state index in [9.17, 15) is 4.79 Å². The monoisotopic (exact) mass is 277 g/mol. The van der Waals surface area contributed by atoms with E-state index in [0.717, 1.165) is 24.1 Å². The number of aromatic nitrogens is 2. The van der Waals surface area contributed by atoms with Gasteiger partial charge in [0, 0.05) is 30.8 Å². The molecule has 4 heteroatoms. The number of carbonyl (C=O) groups excluding carboxylic acids is 1. The first kappa shape index (κ1) is 15.1. The van der Waals surface area contributed by atoms with Crippen LogP contribution in [0, 0.1) is 24.2 Å². The van der Waals surface area contributed by atoms with Gasteiger partial charge in [-0.2, -0.15) is 5.10 Å². The molecule has 0 spiro atoms. The van der Waals surface area contributed by atoms with E-state index in [1.165, 1.54) is 6.42 Å². The van der Waals surface area contributed by atoms with E-state index in [4.69, 9.17) is 0 Å². The van der Waals surface area contributed by atoms with Gasteiger partial charge in [0.05, 0.1) is 6.20 Å². The number of nitrogens with zero attached hydrogens (tertiary/aromatic N) is 2. The second kappa shape index (κ2) is 5.58. The SMILES string of the molecule is Cc1[nH]ncc1CN(C)C(=O)C1CC(C)CC(C)(C)C1. The van der Waals surface area contributed by atoms with Gasteiger partial charge >= 0.3 is 0 Å². The summed E-state index contributed by atoms with van der Waals surface area (Å²) in [6.45, 7) is 9.46. The number of amides is 1. The molecule has 0 saturated heterocycles. The summed E-state index contributed by atoms with van der Waals surface area (Å²) in [7, 11) is 1.90. The minimum atomic E-state index is 0.172. The lowest BCUT2D eigenvalue weighted by atomic mass is 9.67. The molecule has 1 heterocycles. The predicted octanol–water partition coefficient (Wildman–Crippen LogP) is 3.14. The van der Waals surface area contributed by atoms with Gasteiger partial charge in [-0.25, -0.2) is 0 Å². The van der Waals surface area contributed by atoms with Gasteiger partial charge in [0.2, 0.25) is 5.91 Å². The van der Waals surface area contributed by atoms with Crippen LogP contribution in [0.5, 0.6) is 0 Å². The van der Waals surface area contributed by atoms with Crippen LogP contribution in [0.1, 0.15) is 51.3 Å². The van der Waals surface area contributed by atoms with Crippen molar-refractivity contribution in [3.8, 4) is 0 Å². The highest BCUT2D eigenvalue weighted by Gasteiger charge is 2.36. The Labute approximate surface area is 121 Å². The van der Waals surface area contributed by atoms with Crippen molar-refractivity contribution in [1.82, 2.24) is 15.1 Å². The van der Waals surface area contributed by atoms with Gasteiger partial charge in [0.25, 0.3) is 0 Å². The van der Waals surface area contributed by atoms with Crippen LogP contribution < -0.4 is 0 Å². The standard InChI is InChI=1S/C16H27N3O/c1-11-6-13(8-16(3,4)7-11)15(20)19(5)10-14-9-17-18-12(14)2/h9,11,13H,6-8,10H2,1-5H3,(H,17,18). The minimum Gasteiger partial charge on any atom is -0.341 e. The molecule has 1 saturated carbocycles. The molecule has 112 valence electrons. The molecule has 2 rings (SSSR count). The Morgan fingerprint density at radius 3 is 2.75 bits per heavy atom. The summed E-state index contributed by atoms with van der Waals surface area (Å²) in [5.74, 6) is 1.09. The molecule has 0 radical (unpaired) electrons. The molecule has 0 bridgehead atoms. The van der Waals surface area contributed by atoms with Crippen molar-refractivity contribution >= 4 is 5.91 Å². The van der Waals surface area contributed by atoms with Crippen molar-refractivity contribution in [2.24, 2.45) is 17.3 Å². The third-order valence-electron chi connectivity index (χ3n) is 4.45. The number of aromatic amines is 1. The second-order valence-electron chi connectivity index (χ2n) is 7.32. The van der Waals surface area contributed by atoms with E-state index in [2.05, 4.69) is 31.0 Å². The van der Waals surface area contributed by atoms with Gasteiger partial charge in [-0.3, -0.25) is 9.89 Å². The molecule has 4 nitrogen and oxygen atoms in total. The highest BCUT2D eigenvalue weighted by molar-refractivity contribution is 5.78. The number of H-pyrrole nitrogens is 1. The Morgan fingerprint density at radius 1 is 1.50 bits per heavy atom. The third-order valence-corrected chi connectivity index (χ3v) is 4.45. The van der Waals surface area contributed by atoms with Crippen LogP contribution in [0.15, 0.2) is 6.20 Å². The fourth-order valence-electron chi connectivity index (χ4n) is 3.71. The van der Waals surface area contributed by atoms with E-state index in [-0.39, 0.29) is 17.2 Å². The lowest BCUT2D eigenvalue weighted by Gasteiger charge is -2.39. The molecule has 1 fully saturated rings. The molecular weight excluding hydrogens is 250 g/mol. The fraction of sp³-hybridized carbons (Fsp3) is 0.750. The number of nitrogens with one attached hydrogen (secondary N) is 1. The number of aryl methyl sites for hydroxylation is 1. The Bertz CT molecular complexity index is 478. The minimum absolute atomic E-state index is 0.172. The second-order valence-corrected chi connectivity index (χ2v) is 7.32. The van der Waals surface area contributed by atoms with Crippen molar-refractivity contribution in [1.29, 1.82) is 0 Å². The van der Waals surface area contributed by atoms with Gasteiger partial charge in [0.15, 0.2) is 0 Å². The maximum Gasteiger partial charge on any atom is 0.225 e. The summed E-state index contributed by atoms with van der Waals surface area (Å²) in [6.07, 6.45) is 5.07. The zero-order valence-corrected chi connectivity index (χ0v) is 13.4. The number of hydrogen-bond acceptors (Lipinski definition) is 2. The van der Waals surface area contributed by atoms with E-state index in [1.54, 1.807) is 0 Å². The maximum absolute atomic E-state index is 12.7. The Kier molecular flexibility index (Phi) is 4.21. The molecule has 2 unspecified atom stereocenters. The summed E-state index contributed by atoms with van der Waals surface area (Å²) in [5.41, 5.74) is 2.43. The highest BCUT2D eigenvalue weighted by Crippen LogP contribution is 2.42. The van der Waals surface area contributed by atoms with Crippen LogP contribution in [0.3, 0.4) is 0 Å². The zero-order chi connectivity index (χ0) is 14.9. The molecule has 2 atom stereocenters. The van der Waals surface area contributed by atoms with E-state index < -0.39 is 0 Å². The van der Waals surface area contributed by atoms with Crippen LogP contribution >= 0.6 is 0 Å². The summed E-state index contributed by atoms with van der Waals surface area (Å²) in [5, 5.41) is 6.94. The van der Waals surface area contributed by atoms with E-state index in [1.807, 2.05) is 25.1 Å². The molecule has 1 amide bonds. The predicted molar refractivity (Wildman–Crippen MR) is 80.1 cm³/mol. The van der Waals surface area contributed by atoms with Crippen LogP contribution in [0.4, 0.5) is 0 Å². The summed E-state index contributed by atoms with van der Waals surface area (Å²) in [4.78, 5) is 14.5. The fourth-order valence-corrected chi connectivity index (χ4v) is 3.71. The molecule has 1 aromatic rings. The summed E-state index contributed by atoms with van der Waals surface area (Å²) >= 11 is 0. The Hall–Kier alpha value is -1.32. The lowest BCUT2D eigenvalue weighted by molar-refractivity contribution is -0.137. The molecule has 1 aliphatic rings. The van der Waals surface area contributed by atoms with Crippen LogP contribution in [-0.4, -0.2) is 28.1 Å². The maximum atomic E-state index is 12.7. The molecule has 0 aromatic carbocycles. The van der Waals surface area contributed by atoms with Crippen molar-refractivity contribution < 1.29 is 4.79 Å². The first-order valence-corrected chi connectivity index (χ1v) is 7.52. The van der Waals surface area contributed by atoms with Gasteiger partial charge in [-0.05, 0) is 37.5 Å². The Balaban J connectivity index is 2.01. The van der Waals surface area contributed by atoms with E-state index >= 15 is 0 Å². The van der Waals surface area contributed by atoms with E-state index in [0.29, 0.717) is 12.5 Å². The largest absolute Gasteiger partial charge is 0.341 e. The molecule has 1 N–H and O–H groups in total. The summed E-state index contributed by atoms with van der Waals surface area (Å²) < 4.78 is 0. The van der Waals surface area contributed by atoms with Gasteiger partial charge in [-0.15, -0.1) is 0 Å². The van der Waals surface area contributed by atoms with Crippen LogP contribution in [-0.2, 0) is 11.3 Å². The smallest absolute Gasteiger partial charge is 0.225 e. The van der Waals surface area contributed by atoms with Crippen LogP contribution in [0.25, 0.3) is 0 Å². The molecule has 1 aromatic heterocycles.